The zero-order valence-electron chi connectivity index (χ0n) is 14.9. The zero-order chi connectivity index (χ0) is 19.8. The highest BCUT2D eigenvalue weighted by molar-refractivity contribution is 7.92. The molecule has 0 amide bonds. The maximum atomic E-state index is 13.1. The summed E-state index contributed by atoms with van der Waals surface area (Å²) in [6, 6.07) is 9.04. The monoisotopic (exact) mass is 408 g/mol. The number of hydrogen-bond acceptors (Lipinski definition) is 6. The van der Waals surface area contributed by atoms with Crippen molar-refractivity contribution in [2.24, 2.45) is 0 Å². The minimum atomic E-state index is -4.01. The second-order valence-electron chi connectivity index (χ2n) is 5.75. The third-order valence-corrected chi connectivity index (χ3v) is 6.12. The molecule has 0 N–H and O–H groups in total. The number of sulfonamides is 1. The Kier molecular flexibility index (Phi) is 5.12. The van der Waals surface area contributed by atoms with Crippen LogP contribution in [0.1, 0.15) is 22.8 Å². The fourth-order valence-electron chi connectivity index (χ4n) is 2.62. The third kappa shape index (κ3) is 3.50. The molecule has 0 unspecified atom stereocenters. The average molecular weight is 409 g/mol. The first-order chi connectivity index (χ1) is 12.8. The number of aryl methyl sites for hydroxylation is 1. The summed E-state index contributed by atoms with van der Waals surface area (Å²) in [5, 5.41) is 0.467. The molecule has 142 valence electrons. The van der Waals surface area contributed by atoms with Gasteiger partial charge in [-0.3, -0.25) is 0 Å². The standard InChI is InChI=1S/C18H17ClN2O5S/c1-4-21(18-20-15-9-12(19)6-8-16(15)26-18)27(23,24)13-7-5-11(2)14(10-13)17(22)25-3/h5-10H,4H2,1-3H3. The number of esters is 1. The normalized spacial score (nSPS) is 11.6. The van der Waals surface area contributed by atoms with E-state index < -0.39 is 16.0 Å². The number of fused-ring (bicyclic) bond motifs is 1. The van der Waals surface area contributed by atoms with Crippen molar-refractivity contribution in [3.05, 3.63) is 52.5 Å². The molecule has 0 radical (unpaired) electrons. The van der Waals surface area contributed by atoms with Gasteiger partial charge in [0.1, 0.15) is 5.52 Å². The number of halogens is 1. The fourth-order valence-corrected chi connectivity index (χ4v) is 4.17. The molecule has 3 rings (SSSR count). The van der Waals surface area contributed by atoms with Crippen molar-refractivity contribution in [1.82, 2.24) is 4.98 Å². The Labute approximate surface area is 161 Å². The second kappa shape index (κ2) is 7.21. The van der Waals surface area contributed by atoms with Crippen molar-refractivity contribution in [3.8, 4) is 0 Å². The third-order valence-electron chi connectivity index (χ3n) is 4.04. The van der Waals surface area contributed by atoms with E-state index >= 15 is 0 Å². The van der Waals surface area contributed by atoms with Gasteiger partial charge in [0, 0.05) is 11.6 Å². The Morgan fingerprint density at radius 3 is 2.67 bits per heavy atom. The lowest BCUT2D eigenvalue weighted by Gasteiger charge is -2.19. The molecule has 0 saturated heterocycles. The number of carbonyl (C=O) groups excluding carboxylic acids is 1. The first-order valence-electron chi connectivity index (χ1n) is 8.05. The second-order valence-corrected chi connectivity index (χ2v) is 8.05. The van der Waals surface area contributed by atoms with Crippen LogP contribution in [0.15, 0.2) is 45.7 Å². The van der Waals surface area contributed by atoms with Crippen LogP contribution < -0.4 is 4.31 Å². The molecule has 0 fully saturated rings. The highest BCUT2D eigenvalue weighted by atomic mass is 35.5. The number of aromatic nitrogens is 1. The molecule has 0 spiro atoms. The summed E-state index contributed by atoms with van der Waals surface area (Å²) < 4.78 is 37.6. The lowest BCUT2D eigenvalue weighted by Crippen LogP contribution is -2.31. The number of hydrogen-bond donors (Lipinski definition) is 0. The molecule has 0 aliphatic rings. The van der Waals surface area contributed by atoms with Crippen molar-refractivity contribution in [1.29, 1.82) is 0 Å². The Balaban J connectivity index is 2.09. The van der Waals surface area contributed by atoms with E-state index in [0.717, 1.165) is 4.31 Å². The van der Waals surface area contributed by atoms with Gasteiger partial charge in [-0.1, -0.05) is 17.7 Å². The van der Waals surface area contributed by atoms with Gasteiger partial charge in [-0.2, -0.15) is 4.98 Å². The van der Waals surface area contributed by atoms with E-state index in [9.17, 15) is 13.2 Å². The van der Waals surface area contributed by atoms with Gasteiger partial charge in [-0.15, -0.1) is 0 Å². The molecule has 7 nitrogen and oxygen atoms in total. The van der Waals surface area contributed by atoms with Crippen LogP contribution in [0, 0.1) is 6.92 Å². The van der Waals surface area contributed by atoms with Crippen molar-refractivity contribution < 1.29 is 22.4 Å². The highest BCUT2D eigenvalue weighted by Gasteiger charge is 2.29. The number of methoxy groups -OCH3 is 1. The van der Waals surface area contributed by atoms with Gasteiger partial charge in [-0.25, -0.2) is 17.5 Å². The number of anilines is 1. The quantitative estimate of drug-likeness (QED) is 0.596. The molecule has 2 aromatic carbocycles. The average Bonchev–Trinajstić information content (AvgIpc) is 3.04. The molecule has 1 heterocycles. The van der Waals surface area contributed by atoms with Gasteiger partial charge in [-0.05, 0) is 49.7 Å². The number of carbonyl (C=O) groups is 1. The molecule has 1 aromatic heterocycles. The van der Waals surface area contributed by atoms with Crippen molar-refractivity contribution >= 4 is 44.7 Å². The molecule has 0 bridgehead atoms. The summed E-state index contributed by atoms with van der Waals surface area (Å²) in [5.74, 6) is -0.607. The molecule has 27 heavy (non-hydrogen) atoms. The Bertz CT molecular complexity index is 1120. The van der Waals surface area contributed by atoms with E-state index in [2.05, 4.69) is 4.98 Å². The van der Waals surface area contributed by atoms with Crippen LogP contribution in [0.4, 0.5) is 6.01 Å². The van der Waals surface area contributed by atoms with Crippen LogP contribution >= 0.6 is 11.6 Å². The SMILES string of the molecule is CCN(c1nc2cc(Cl)ccc2o1)S(=O)(=O)c1ccc(C)c(C(=O)OC)c1. The van der Waals surface area contributed by atoms with Gasteiger partial charge in [0.15, 0.2) is 5.58 Å². The van der Waals surface area contributed by atoms with Crippen LogP contribution in [-0.4, -0.2) is 33.0 Å². The molecule has 0 saturated carbocycles. The summed E-state index contributed by atoms with van der Waals surface area (Å²) in [6.45, 7) is 3.45. The number of ether oxygens (including phenoxy) is 1. The zero-order valence-corrected chi connectivity index (χ0v) is 16.5. The van der Waals surface area contributed by atoms with Crippen molar-refractivity contribution in [2.45, 2.75) is 18.7 Å². The summed E-state index contributed by atoms with van der Waals surface area (Å²) in [4.78, 5) is 16.1. The molecule has 3 aromatic rings. The maximum absolute atomic E-state index is 13.1. The van der Waals surface area contributed by atoms with Gasteiger partial charge >= 0.3 is 12.0 Å². The largest absolute Gasteiger partial charge is 0.465 e. The van der Waals surface area contributed by atoms with Gasteiger partial charge in [0.25, 0.3) is 10.0 Å². The summed E-state index contributed by atoms with van der Waals surface area (Å²) in [6.07, 6.45) is 0. The van der Waals surface area contributed by atoms with Gasteiger partial charge in [0.05, 0.1) is 17.6 Å². The predicted molar refractivity (Wildman–Crippen MR) is 102 cm³/mol. The summed E-state index contributed by atoms with van der Waals surface area (Å²) >= 11 is 5.95. The van der Waals surface area contributed by atoms with Crippen LogP contribution in [0.3, 0.4) is 0 Å². The van der Waals surface area contributed by atoms with Gasteiger partial charge in [0.2, 0.25) is 0 Å². The maximum Gasteiger partial charge on any atom is 0.338 e. The summed E-state index contributed by atoms with van der Waals surface area (Å²) in [7, 11) is -2.77. The van der Waals surface area contributed by atoms with Crippen molar-refractivity contribution in [3.63, 3.8) is 0 Å². The number of rotatable bonds is 5. The molecular formula is C18H17ClN2O5S. The van der Waals surface area contributed by atoms with E-state index in [1.807, 2.05) is 0 Å². The molecular weight excluding hydrogens is 392 g/mol. The number of nitrogens with zero attached hydrogens (tertiary/aromatic N) is 2. The molecule has 0 aliphatic carbocycles. The van der Waals surface area contributed by atoms with E-state index in [-0.39, 0.29) is 23.0 Å². The lowest BCUT2D eigenvalue weighted by atomic mass is 10.1. The van der Waals surface area contributed by atoms with E-state index in [1.54, 1.807) is 38.1 Å². The lowest BCUT2D eigenvalue weighted by molar-refractivity contribution is 0.0599. The van der Waals surface area contributed by atoms with E-state index in [4.69, 9.17) is 20.8 Å². The molecule has 0 atom stereocenters. The van der Waals surface area contributed by atoms with Crippen molar-refractivity contribution in [2.75, 3.05) is 18.0 Å². The van der Waals surface area contributed by atoms with Gasteiger partial charge < -0.3 is 9.15 Å². The number of benzene rings is 2. The molecule has 0 aliphatic heterocycles. The van der Waals surface area contributed by atoms with E-state index in [0.29, 0.717) is 21.7 Å². The minimum Gasteiger partial charge on any atom is -0.465 e. The smallest absolute Gasteiger partial charge is 0.338 e. The number of oxazole rings is 1. The minimum absolute atomic E-state index is 0.0596. The Hall–Kier alpha value is -2.58. The molecule has 9 heteroatoms. The topological polar surface area (TPSA) is 89.7 Å². The Morgan fingerprint density at radius 1 is 1.26 bits per heavy atom. The highest BCUT2D eigenvalue weighted by Crippen LogP contribution is 2.29. The first-order valence-corrected chi connectivity index (χ1v) is 9.87. The van der Waals surface area contributed by atoms with Crippen LogP contribution in [0.25, 0.3) is 11.1 Å². The van der Waals surface area contributed by atoms with Crippen LogP contribution in [0.2, 0.25) is 5.02 Å². The Morgan fingerprint density at radius 2 is 2.00 bits per heavy atom. The van der Waals surface area contributed by atoms with E-state index in [1.165, 1.54) is 19.2 Å². The first kappa shape index (κ1) is 19.2. The summed E-state index contributed by atoms with van der Waals surface area (Å²) in [5.41, 5.74) is 1.66. The van der Waals surface area contributed by atoms with Crippen LogP contribution in [-0.2, 0) is 14.8 Å². The fraction of sp³-hybridized carbons (Fsp3) is 0.222. The van der Waals surface area contributed by atoms with Crippen LogP contribution in [0.5, 0.6) is 0 Å². The predicted octanol–water partition coefficient (Wildman–Crippen LogP) is 3.79.